The van der Waals surface area contributed by atoms with Crippen molar-refractivity contribution in [1.29, 1.82) is 0 Å². The molecular formula is C14H17ClN2O3. The number of nitro benzene ring substituents is 1. The average molecular weight is 297 g/mol. The van der Waals surface area contributed by atoms with E-state index in [0.717, 1.165) is 25.7 Å². The van der Waals surface area contributed by atoms with Crippen LogP contribution in [0, 0.1) is 10.1 Å². The van der Waals surface area contributed by atoms with Gasteiger partial charge in [0.05, 0.1) is 15.5 Å². The predicted molar refractivity (Wildman–Crippen MR) is 77.1 cm³/mol. The molecule has 1 aliphatic rings. The van der Waals surface area contributed by atoms with Gasteiger partial charge in [0.1, 0.15) is 0 Å². The van der Waals surface area contributed by atoms with E-state index in [2.05, 4.69) is 6.92 Å². The Morgan fingerprint density at radius 2 is 2.20 bits per heavy atom. The van der Waals surface area contributed by atoms with Crippen LogP contribution >= 0.6 is 11.6 Å². The molecule has 0 aromatic heterocycles. The van der Waals surface area contributed by atoms with Gasteiger partial charge in [-0.3, -0.25) is 14.9 Å². The van der Waals surface area contributed by atoms with Crippen LogP contribution in [0.1, 0.15) is 43.0 Å². The van der Waals surface area contributed by atoms with Crippen molar-refractivity contribution in [2.45, 2.75) is 38.6 Å². The largest absolute Gasteiger partial charge is 0.336 e. The average Bonchev–Trinajstić information content (AvgIpc) is 3.23. The lowest BCUT2D eigenvalue weighted by atomic mass is 10.1. The van der Waals surface area contributed by atoms with E-state index in [4.69, 9.17) is 11.6 Å². The topological polar surface area (TPSA) is 63.5 Å². The molecular weight excluding hydrogens is 280 g/mol. The van der Waals surface area contributed by atoms with Gasteiger partial charge in [0.15, 0.2) is 0 Å². The third-order valence-electron chi connectivity index (χ3n) is 3.39. The van der Waals surface area contributed by atoms with Crippen molar-refractivity contribution in [1.82, 2.24) is 4.90 Å². The molecule has 0 atom stereocenters. The van der Waals surface area contributed by atoms with E-state index in [0.29, 0.717) is 6.54 Å². The third kappa shape index (κ3) is 3.28. The maximum atomic E-state index is 12.5. The summed E-state index contributed by atoms with van der Waals surface area (Å²) in [5.41, 5.74) is 0.118. The lowest BCUT2D eigenvalue weighted by molar-refractivity contribution is -0.384. The molecule has 0 heterocycles. The Morgan fingerprint density at radius 1 is 1.50 bits per heavy atom. The Bertz CT molecular complexity index is 529. The highest BCUT2D eigenvalue weighted by Gasteiger charge is 2.33. The van der Waals surface area contributed by atoms with Gasteiger partial charge in [-0.2, -0.15) is 0 Å². The van der Waals surface area contributed by atoms with Crippen molar-refractivity contribution < 1.29 is 9.72 Å². The molecule has 0 radical (unpaired) electrons. The first-order valence-electron chi connectivity index (χ1n) is 6.79. The summed E-state index contributed by atoms with van der Waals surface area (Å²) >= 11 is 6.03. The van der Waals surface area contributed by atoms with Gasteiger partial charge in [-0.05, 0) is 25.3 Å². The summed E-state index contributed by atoms with van der Waals surface area (Å²) in [7, 11) is 0. The second-order valence-electron chi connectivity index (χ2n) is 5.00. The predicted octanol–water partition coefficient (Wildman–Crippen LogP) is 3.65. The number of unbranched alkanes of at least 4 members (excludes halogenated alkanes) is 1. The molecule has 1 amide bonds. The summed E-state index contributed by atoms with van der Waals surface area (Å²) in [5, 5.41) is 11.1. The summed E-state index contributed by atoms with van der Waals surface area (Å²) in [6.45, 7) is 2.74. The molecule has 1 saturated carbocycles. The molecule has 0 aliphatic heterocycles. The van der Waals surface area contributed by atoms with Crippen LogP contribution in [0.5, 0.6) is 0 Å². The van der Waals surface area contributed by atoms with Gasteiger partial charge in [0.25, 0.3) is 11.6 Å². The van der Waals surface area contributed by atoms with Crippen molar-refractivity contribution in [3.63, 3.8) is 0 Å². The zero-order valence-electron chi connectivity index (χ0n) is 11.3. The molecule has 108 valence electrons. The van der Waals surface area contributed by atoms with Gasteiger partial charge >= 0.3 is 0 Å². The second-order valence-corrected chi connectivity index (χ2v) is 5.41. The zero-order chi connectivity index (χ0) is 14.7. The third-order valence-corrected chi connectivity index (χ3v) is 3.72. The Hall–Kier alpha value is -1.62. The normalized spacial score (nSPS) is 14.1. The fourth-order valence-corrected chi connectivity index (χ4v) is 2.31. The summed E-state index contributed by atoms with van der Waals surface area (Å²) < 4.78 is 0. The SMILES string of the molecule is CCCCN(C(=O)c1cc([N+](=O)[O-])ccc1Cl)C1CC1. The first-order valence-corrected chi connectivity index (χ1v) is 7.17. The number of non-ortho nitro benzene ring substituents is 1. The minimum Gasteiger partial charge on any atom is -0.336 e. The summed E-state index contributed by atoms with van der Waals surface area (Å²) in [6.07, 6.45) is 3.93. The minimum absolute atomic E-state index is 0.107. The van der Waals surface area contributed by atoms with Gasteiger partial charge in [-0.15, -0.1) is 0 Å². The number of rotatable bonds is 6. The van der Waals surface area contributed by atoms with E-state index < -0.39 is 4.92 Å². The molecule has 1 aliphatic carbocycles. The Balaban J connectivity index is 2.25. The molecule has 0 saturated heterocycles. The summed E-state index contributed by atoms with van der Waals surface area (Å²) in [5.74, 6) is -0.199. The van der Waals surface area contributed by atoms with Crippen molar-refractivity contribution in [2.75, 3.05) is 6.54 Å². The maximum absolute atomic E-state index is 12.5. The standard InChI is InChI=1S/C14H17ClN2O3/c1-2-3-8-16(10-4-5-10)14(18)12-9-11(17(19)20)6-7-13(12)15/h6-7,9-10H,2-5,8H2,1H3. The molecule has 0 spiro atoms. The van der Waals surface area contributed by atoms with E-state index in [9.17, 15) is 14.9 Å². The zero-order valence-corrected chi connectivity index (χ0v) is 12.1. The Kier molecular flexibility index (Phi) is 4.60. The number of hydrogen-bond donors (Lipinski definition) is 0. The monoisotopic (exact) mass is 296 g/mol. The highest BCUT2D eigenvalue weighted by atomic mass is 35.5. The van der Waals surface area contributed by atoms with Gasteiger partial charge in [0, 0.05) is 24.7 Å². The summed E-state index contributed by atoms with van der Waals surface area (Å²) in [6, 6.07) is 4.26. The molecule has 0 N–H and O–H groups in total. The number of nitro groups is 1. The number of amides is 1. The molecule has 2 rings (SSSR count). The Morgan fingerprint density at radius 3 is 2.75 bits per heavy atom. The van der Waals surface area contributed by atoms with E-state index >= 15 is 0 Å². The molecule has 20 heavy (non-hydrogen) atoms. The van der Waals surface area contributed by atoms with Gasteiger partial charge in [0.2, 0.25) is 0 Å². The van der Waals surface area contributed by atoms with E-state index in [1.807, 2.05) is 0 Å². The van der Waals surface area contributed by atoms with Crippen molar-refractivity contribution in [2.24, 2.45) is 0 Å². The van der Waals surface area contributed by atoms with Crippen molar-refractivity contribution in [3.05, 3.63) is 38.9 Å². The van der Waals surface area contributed by atoms with Crippen molar-refractivity contribution in [3.8, 4) is 0 Å². The van der Waals surface area contributed by atoms with E-state index in [1.54, 1.807) is 4.90 Å². The van der Waals surface area contributed by atoms with Gasteiger partial charge in [-0.25, -0.2) is 0 Å². The van der Waals surface area contributed by atoms with E-state index in [1.165, 1.54) is 18.2 Å². The van der Waals surface area contributed by atoms with Crippen LogP contribution in [0.2, 0.25) is 5.02 Å². The summed E-state index contributed by atoms with van der Waals surface area (Å²) in [4.78, 5) is 24.6. The number of carbonyl (C=O) groups is 1. The Labute approximate surface area is 122 Å². The van der Waals surface area contributed by atoms with Crippen LogP contribution in [-0.2, 0) is 0 Å². The molecule has 0 bridgehead atoms. The van der Waals surface area contributed by atoms with Crippen LogP contribution in [0.3, 0.4) is 0 Å². The van der Waals surface area contributed by atoms with E-state index in [-0.39, 0.29) is 28.2 Å². The van der Waals surface area contributed by atoms with Crippen molar-refractivity contribution >= 4 is 23.2 Å². The first kappa shape index (κ1) is 14.8. The maximum Gasteiger partial charge on any atom is 0.270 e. The lowest BCUT2D eigenvalue weighted by Crippen LogP contribution is -2.34. The molecule has 1 fully saturated rings. The second kappa shape index (κ2) is 6.22. The number of benzene rings is 1. The van der Waals surface area contributed by atoms with Crippen LogP contribution in [0.4, 0.5) is 5.69 Å². The number of nitrogens with zero attached hydrogens (tertiary/aromatic N) is 2. The molecule has 5 nitrogen and oxygen atoms in total. The smallest absolute Gasteiger partial charge is 0.270 e. The fourth-order valence-electron chi connectivity index (χ4n) is 2.11. The first-order chi connectivity index (χ1) is 9.54. The van der Waals surface area contributed by atoms with Gasteiger partial charge < -0.3 is 4.90 Å². The van der Waals surface area contributed by atoms with Crippen LogP contribution in [0.15, 0.2) is 18.2 Å². The lowest BCUT2D eigenvalue weighted by Gasteiger charge is -2.22. The molecule has 0 unspecified atom stereocenters. The highest BCUT2D eigenvalue weighted by Crippen LogP contribution is 2.31. The molecule has 6 heteroatoms. The quantitative estimate of drug-likeness (QED) is 0.594. The van der Waals surface area contributed by atoms with Crippen LogP contribution < -0.4 is 0 Å². The molecule has 1 aromatic carbocycles. The number of hydrogen-bond acceptors (Lipinski definition) is 3. The molecule has 1 aromatic rings. The van der Waals surface area contributed by atoms with Gasteiger partial charge in [-0.1, -0.05) is 24.9 Å². The fraction of sp³-hybridized carbons (Fsp3) is 0.500. The number of halogens is 1. The van der Waals surface area contributed by atoms with Crippen LogP contribution in [0.25, 0.3) is 0 Å². The highest BCUT2D eigenvalue weighted by molar-refractivity contribution is 6.33. The number of carbonyl (C=O) groups excluding carboxylic acids is 1. The van der Waals surface area contributed by atoms with Crippen LogP contribution in [-0.4, -0.2) is 28.3 Å². The minimum atomic E-state index is -0.513.